The molecule has 0 amide bonds. The van der Waals surface area contributed by atoms with Crippen LogP contribution in [0, 0.1) is 6.92 Å². The fraction of sp³-hybridized carbons (Fsp3) is 0.136. The van der Waals surface area contributed by atoms with E-state index in [2.05, 4.69) is 29.0 Å². The fourth-order valence-corrected chi connectivity index (χ4v) is 5.16. The van der Waals surface area contributed by atoms with Gasteiger partial charge in [0.15, 0.2) is 0 Å². The molecule has 28 heavy (non-hydrogen) atoms. The first-order valence-corrected chi connectivity index (χ1v) is 10.6. The number of benzene rings is 2. The van der Waals surface area contributed by atoms with Gasteiger partial charge in [-0.15, -0.1) is 23.1 Å². The van der Waals surface area contributed by atoms with Crippen molar-refractivity contribution in [2.75, 3.05) is 7.11 Å². The third-order valence-electron chi connectivity index (χ3n) is 4.42. The van der Waals surface area contributed by atoms with Crippen molar-refractivity contribution in [3.8, 4) is 11.1 Å². The molecule has 0 aliphatic carbocycles. The number of carbonyl (C=O) groups is 1. The Morgan fingerprint density at radius 3 is 2.71 bits per heavy atom. The SMILES string of the molecule is COC(=O)c1cccc(CSc2ncnc3sc(C)c(-c4ccccc4)c23)c1. The molecule has 0 aliphatic heterocycles. The first kappa shape index (κ1) is 18.7. The van der Waals surface area contributed by atoms with Gasteiger partial charge in [-0.3, -0.25) is 0 Å². The highest BCUT2D eigenvalue weighted by atomic mass is 32.2. The highest BCUT2D eigenvalue weighted by molar-refractivity contribution is 7.98. The summed E-state index contributed by atoms with van der Waals surface area (Å²) in [6, 6.07) is 17.9. The zero-order valence-electron chi connectivity index (χ0n) is 15.5. The quantitative estimate of drug-likeness (QED) is 0.240. The Morgan fingerprint density at radius 1 is 1.11 bits per heavy atom. The Balaban J connectivity index is 1.69. The van der Waals surface area contributed by atoms with E-state index < -0.39 is 0 Å². The van der Waals surface area contributed by atoms with E-state index in [0.29, 0.717) is 11.3 Å². The average Bonchev–Trinajstić information content (AvgIpc) is 3.08. The number of thioether (sulfide) groups is 1. The van der Waals surface area contributed by atoms with Gasteiger partial charge in [-0.05, 0) is 30.2 Å². The number of methoxy groups -OCH3 is 1. The van der Waals surface area contributed by atoms with E-state index in [1.165, 1.54) is 23.1 Å². The molecule has 0 spiro atoms. The number of esters is 1. The zero-order valence-corrected chi connectivity index (χ0v) is 17.1. The van der Waals surface area contributed by atoms with Crippen LogP contribution in [-0.4, -0.2) is 23.0 Å². The predicted molar refractivity (Wildman–Crippen MR) is 115 cm³/mol. The third kappa shape index (κ3) is 3.66. The average molecular weight is 407 g/mol. The van der Waals surface area contributed by atoms with Crippen molar-refractivity contribution in [1.29, 1.82) is 0 Å². The molecular weight excluding hydrogens is 388 g/mol. The van der Waals surface area contributed by atoms with Gasteiger partial charge in [-0.25, -0.2) is 14.8 Å². The predicted octanol–water partition coefficient (Wildman–Crippen LogP) is 5.75. The normalized spacial score (nSPS) is 10.9. The molecule has 4 aromatic rings. The van der Waals surface area contributed by atoms with Crippen molar-refractivity contribution in [3.63, 3.8) is 0 Å². The summed E-state index contributed by atoms with van der Waals surface area (Å²) >= 11 is 3.35. The Kier molecular flexibility index (Phi) is 5.41. The third-order valence-corrected chi connectivity index (χ3v) is 6.49. The van der Waals surface area contributed by atoms with Crippen molar-refractivity contribution in [3.05, 3.63) is 76.9 Å². The van der Waals surface area contributed by atoms with Gasteiger partial charge in [0, 0.05) is 16.2 Å². The molecule has 0 fully saturated rings. The molecular formula is C22H18N2O2S2. The number of hydrogen-bond acceptors (Lipinski definition) is 6. The van der Waals surface area contributed by atoms with Crippen LogP contribution in [0.2, 0.25) is 0 Å². The van der Waals surface area contributed by atoms with Crippen molar-refractivity contribution >= 4 is 39.3 Å². The molecule has 2 aromatic carbocycles. The van der Waals surface area contributed by atoms with E-state index in [1.807, 2.05) is 36.4 Å². The number of ether oxygens (including phenoxy) is 1. The number of fused-ring (bicyclic) bond motifs is 1. The molecule has 0 radical (unpaired) electrons. The first-order valence-electron chi connectivity index (χ1n) is 8.77. The minimum absolute atomic E-state index is 0.323. The molecule has 4 nitrogen and oxygen atoms in total. The minimum atomic E-state index is -0.323. The van der Waals surface area contributed by atoms with E-state index in [0.717, 1.165) is 20.8 Å². The summed E-state index contributed by atoms with van der Waals surface area (Å²) in [5, 5.41) is 2.06. The maximum absolute atomic E-state index is 11.8. The highest BCUT2D eigenvalue weighted by Crippen LogP contribution is 2.41. The smallest absolute Gasteiger partial charge is 0.337 e. The second kappa shape index (κ2) is 8.12. The Hall–Kier alpha value is -2.70. The molecule has 140 valence electrons. The number of carbonyl (C=O) groups excluding carboxylic acids is 1. The summed E-state index contributed by atoms with van der Waals surface area (Å²) in [5.41, 5.74) is 3.99. The van der Waals surface area contributed by atoms with Crippen LogP contribution in [0.15, 0.2) is 66.0 Å². The van der Waals surface area contributed by atoms with Crippen LogP contribution in [0.3, 0.4) is 0 Å². The molecule has 0 unspecified atom stereocenters. The largest absolute Gasteiger partial charge is 0.465 e. The molecule has 0 aliphatic rings. The van der Waals surface area contributed by atoms with E-state index >= 15 is 0 Å². The molecule has 0 saturated heterocycles. The van der Waals surface area contributed by atoms with Crippen LogP contribution in [0.1, 0.15) is 20.8 Å². The molecule has 0 saturated carbocycles. The summed E-state index contributed by atoms with van der Waals surface area (Å²) in [7, 11) is 1.39. The lowest BCUT2D eigenvalue weighted by Gasteiger charge is -2.07. The van der Waals surface area contributed by atoms with Gasteiger partial charge in [-0.1, -0.05) is 42.5 Å². The summed E-state index contributed by atoms with van der Waals surface area (Å²) in [6.45, 7) is 2.13. The number of aromatic nitrogens is 2. The van der Waals surface area contributed by atoms with Crippen LogP contribution in [0.4, 0.5) is 0 Å². The highest BCUT2D eigenvalue weighted by Gasteiger charge is 2.17. The number of nitrogens with zero attached hydrogens (tertiary/aromatic N) is 2. The Labute approximate surface area is 171 Å². The lowest BCUT2D eigenvalue weighted by atomic mass is 10.0. The molecule has 6 heteroatoms. The topological polar surface area (TPSA) is 52.1 Å². The lowest BCUT2D eigenvalue weighted by molar-refractivity contribution is 0.0600. The van der Waals surface area contributed by atoms with Gasteiger partial charge in [0.25, 0.3) is 0 Å². The van der Waals surface area contributed by atoms with Crippen LogP contribution in [-0.2, 0) is 10.5 Å². The van der Waals surface area contributed by atoms with Gasteiger partial charge >= 0.3 is 5.97 Å². The van der Waals surface area contributed by atoms with Gasteiger partial charge in [0.05, 0.1) is 18.1 Å². The summed E-state index contributed by atoms with van der Waals surface area (Å²) in [5.74, 6) is 0.385. The minimum Gasteiger partial charge on any atom is -0.465 e. The number of hydrogen-bond donors (Lipinski definition) is 0. The molecule has 0 N–H and O–H groups in total. The monoisotopic (exact) mass is 406 g/mol. The van der Waals surface area contributed by atoms with Crippen LogP contribution >= 0.6 is 23.1 Å². The summed E-state index contributed by atoms with van der Waals surface area (Å²) in [4.78, 5) is 23.0. The second-order valence-corrected chi connectivity index (χ2v) is 8.41. The second-order valence-electron chi connectivity index (χ2n) is 6.24. The number of rotatable bonds is 5. The van der Waals surface area contributed by atoms with E-state index in [-0.39, 0.29) is 5.97 Å². The Morgan fingerprint density at radius 2 is 1.93 bits per heavy atom. The lowest BCUT2D eigenvalue weighted by Crippen LogP contribution is -2.01. The standard InChI is InChI=1S/C22H18N2O2S2/c1-14-18(16-8-4-3-5-9-16)19-20(23-13-24-21(19)28-14)27-12-15-7-6-10-17(11-15)22(25)26-2/h3-11,13H,12H2,1-2H3. The van der Waals surface area contributed by atoms with Gasteiger partial charge < -0.3 is 4.74 Å². The molecule has 0 bridgehead atoms. The van der Waals surface area contributed by atoms with Crippen molar-refractivity contribution in [2.24, 2.45) is 0 Å². The van der Waals surface area contributed by atoms with Crippen LogP contribution in [0.25, 0.3) is 21.3 Å². The van der Waals surface area contributed by atoms with Crippen molar-refractivity contribution in [2.45, 2.75) is 17.7 Å². The van der Waals surface area contributed by atoms with Gasteiger partial charge in [-0.2, -0.15) is 0 Å². The van der Waals surface area contributed by atoms with E-state index in [1.54, 1.807) is 35.5 Å². The molecule has 0 atom stereocenters. The van der Waals surface area contributed by atoms with E-state index in [9.17, 15) is 4.79 Å². The van der Waals surface area contributed by atoms with E-state index in [4.69, 9.17) is 4.74 Å². The maximum atomic E-state index is 11.8. The zero-order chi connectivity index (χ0) is 19.5. The molecule has 2 aromatic heterocycles. The van der Waals surface area contributed by atoms with Gasteiger partial charge in [0.2, 0.25) is 0 Å². The summed E-state index contributed by atoms with van der Waals surface area (Å²) < 4.78 is 4.81. The summed E-state index contributed by atoms with van der Waals surface area (Å²) in [6.07, 6.45) is 1.63. The van der Waals surface area contributed by atoms with Crippen molar-refractivity contribution in [1.82, 2.24) is 9.97 Å². The molecule has 4 rings (SSSR count). The number of aryl methyl sites for hydroxylation is 1. The van der Waals surface area contributed by atoms with Crippen LogP contribution < -0.4 is 0 Å². The maximum Gasteiger partial charge on any atom is 0.337 e. The van der Waals surface area contributed by atoms with Gasteiger partial charge in [0.1, 0.15) is 16.2 Å². The number of thiophene rings is 1. The molecule has 2 heterocycles. The van der Waals surface area contributed by atoms with Crippen molar-refractivity contribution < 1.29 is 9.53 Å². The Bertz CT molecular complexity index is 1140. The van der Waals surface area contributed by atoms with Crippen LogP contribution in [0.5, 0.6) is 0 Å². The first-order chi connectivity index (χ1) is 13.7. The fourth-order valence-electron chi connectivity index (χ4n) is 3.14.